The minimum absolute atomic E-state index is 0.116. The van der Waals surface area contributed by atoms with E-state index in [4.69, 9.17) is 28.4 Å². The van der Waals surface area contributed by atoms with E-state index in [1.807, 2.05) is 127 Å². The molecule has 2 atom stereocenters. The number of ether oxygens (including phenoxy) is 6. The first-order valence-corrected chi connectivity index (χ1v) is 22.4. The van der Waals surface area contributed by atoms with Crippen molar-refractivity contribution >= 4 is 17.9 Å². The summed E-state index contributed by atoms with van der Waals surface area (Å²) in [6, 6.07) is 57.4. The number of carbonyl (C=O) groups is 3. The molecule has 0 aliphatic carbocycles. The van der Waals surface area contributed by atoms with Gasteiger partial charge < -0.3 is 28.4 Å². The lowest BCUT2D eigenvalue weighted by molar-refractivity contribution is -0.132. The standard InChI is InChI=1S/C23H22O3.C21H26O3.C15H14O3/c1-17(24)26-22-15-11-20(12-16-22)23(2,18-7-5-4-6-8-18)19-9-13-21(25-3)14-10-19;1-15(2)14-21(4,17-6-10-19(23-5)11-7-17)18-8-12-20(13-9-18)24-16(3)22;1-11(16)18-15-9-5-13(6-10-15)12-3-7-14(17-2)8-4-12/h4-16H,1-3H3;6-13,15H,14H2,1-5H3;3-10H,1-2H3. The third-order valence-corrected chi connectivity index (χ3v) is 11.5. The summed E-state index contributed by atoms with van der Waals surface area (Å²) in [7, 11) is 4.98. The molecule has 0 saturated heterocycles. The summed E-state index contributed by atoms with van der Waals surface area (Å²) in [6.07, 6.45) is 1.02. The molecule has 0 aliphatic heterocycles. The molecule has 352 valence electrons. The molecular formula is C59H62O9. The van der Waals surface area contributed by atoms with Gasteiger partial charge in [0.2, 0.25) is 0 Å². The number of methoxy groups -OCH3 is 3. The molecular weight excluding hydrogens is 853 g/mol. The Morgan fingerprint density at radius 3 is 0.941 bits per heavy atom. The molecule has 0 N–H and O–H groups in total. The molecule has 68 heavy (non-hydrogen) atoms. The number of esters is 3. The number of rotatable bonds is 14. The molecule has 7 aromatic rings. The van der Waals surface area contributed by atoms with Gasteiger partial charge in [0, 0.05) is 31.6 Å². The van der Waals surface area contributed by atoms with Gasteiger partial charge in [0.1, 0.15) is 34.5 Å². The van der Waals surface area contributed by atoms with Gasteiger partial charge in [-0.1, -0.05) is 124 Å². The molecule has 7 rings (SSSR count). The van der Waals surface area contributed by atoms with Crippen LogP contribution in [0.3, 0.4) is 0 Å². The first-order chi connectivity index (χ1) is 32.6. The van der Waals surface area contributed by atoms with Gasteiger partial charge in [-0.3, -0.25) is 14.4 Å². The maximum atomic E-state index is 11.2. The van der Waals surface area contributed by atoms with Gasteiger partial charge in [-0.15, -0.1) is 0 Å². The summed E-state index contributed by atoms with van der Waals surface area (Å²) in [5, 5.41) is 0. The summed E-state index contributed by atoms with van der Waals surface area (Å²) in [5.41, 5.74) is 7.60. The minimum Gasteiger partial charge on any atom is -0.497 e. The van der Waals surface area contributed by atoms with Crippen LogP contribution in [0, 0.1) is 5.92 Å². The minimum atomic E-state index is -0.345. The van der Waals surface area contributed by atoms with E-state index < -0.39 is 0 Å². The maximum absolute atomic E-state index is 11.2. The first kappa shape index (κ1) is 51.3. The number of benzene rings is 7. The van der Waals surface area contributed by atoms with Gasteiger partial charge in [0.15, 0.2) is 0 Å². The fourth-order valence-electron chi connectivity index (χ4n) is 8.12. The molecule has 0 radical (unpaired) electrons. The van der Waals surface area contributed by atoms with Gasteiger partial charge in [-0.05, 0) is 131 Å². The van der Waals surface area contributed by atoms with E-state index in [1.54, 1.807) is 33.5 Å². The molecule has 0 spiro atoms. The second kappa shape index (κ2) is 24.2. The number of carbonyl (C=O) groups excluding carboxylic acids is 3. The Hall–Kier alpha value is -7.65. The second-order valence-electron chi connectivity index (χ2n) is 17.0. The van der Waals surface area contributed by atoms with Crippen molar-refractivity contribution in [2.24, 2.45) is 5.92 Å². The lowest BCUT2D eigenvalue weighted by Crippen LogP contribution is -2.25. The van der Waals surface area contributed by atoms with Gasteiger partial charge in [0.05, 0.1) is 21.3 Å². The van der Waals surface area contributed by atoms with E-state index >= 15 is 0 Å². The zero-order valence-electron chi connectivity index (χ0n) is 40.7. The molecule has 2 unspecified atom stereocenters. The Labute approximate surface area is 401 Å². The zero-order valence-corrected chi connectivity index (χ0v) is 40.7. The van der Waals surface area contributed by atoms with Gasteiger partial charge in [-0.25, -0.2) is 0 Å². The molecule has 0 fully saturated rings. The van der Waals surface area contributed by atoms with Crippen LogP contribution in [0.15, 0.2) is 176 Å². The third-order valence-electron chi connectivity index (χ3n) is 11.5. The van der Waals surface area contributed by atoms with Crippen LogP contribution in [-0.2, 0) is 25.2 Å². The van der Waals surface area contributed by atoms with E-state index in [0.29, 0.717) is 23.2 Å². The molecule has 9 nitrogen and oxygen atoms in total. The van der Waals surface area contributed by atoms with Crippen LogP contribution in [0.5, 0.6) is 34.5 Å². The molecule has 0 amide bonds. The normalized spacial score (nSPS) is 12.3. The summed E-state index contributed by atoms with van der Waals surface area (Å²) in [6.45, 7) is 13.1. The van der Waals surface area contributed by atoms with Crippen LogP contribution in [0.2, 0.25) is 0 Å². The van der Waals surface area contributed by atoms with Crippen molar-refractivity contribution in [3.8, 4) is 45.6 Å². The number of hydrogen-bond donors (Lipinski definition) is 0. The Balaban J connectivity index is 0.000000194. The van der Waals surface area contributed by atoms with Crippen LogP contribution in [-0.4, -0.2) is 39.2 Å². The molecule has 7 aromatic carbocycles. The topological polar surface area (TPSA) is 107 Å². The molecule has 0 bridgehead atoms. The molecule has 0 heterocycles. The largest absolute Gasteiger partial charge is 0.497 e. The highest BCUT2D eigenvalue weighted by molar-refractivity contribution is 5.71. The lowest BCUT2D eigenvalue weighted by atomic mass is 9.71. The summed E-state index contributed by atoms with van der Waals surface area (Å²) >= 11 is 0. The average Bonchev–Trinajstić information content (AvgIpc) is 3.34. The predicted octanol–water partition coefficient (Wildman–Crippen LogP) is 13.2. The van der Waals surface area contributed by atoms with Crippen molar-refractivity contribution in [1.29, 1.82) is 0 Å². The fraction of sp³-hybridized carbons (Fsp3) is 0.237. The molecule has 0 aliphatic rings. The van der Waals surface area contributed by atoms with Gasteiger partial charge in [-0.2, -0.15) is 0 Å². The predicted molar refractivity (Wildman–Crippen MR) is 269 cm³/mol. The van der Waals surface area contributed by atoms with Crippen LogP contribution >= 0.6 is 0 Å². The number of hydrogen-bond acceptors (Lipinski definition) is 9. The monoisotopic (exact) mass is 914 g/mol. The molecule has 0 saturated carbocycles. The van der Waals surface area contributed by atoms with Crippen molar-refractivity contribution in [3.05, 3.63) is 204 Å². The van der Waals surface area contributed by atoms with Crippen molar-refractivity contribution in [1.82, 2.24) is 0 Å². The van der Waals surface area contributed by atoms with Crippen molar-refractivity contribution in [3.63, 3.8) is 0 Å². The molecule has 0 aromatic heterocycles. The van der Waals surface area contributed by atoms with Crippen molar-refractivity contribution < 1.29 is 42.8 Å². The van der Waals surface area contributed by atoms with Crippen LogP contribution < -0.4 is 28.4 Å². The second-order valence-corrected chi connectivity index (χ2v) is 17.0. The summed E-state index contributed by atoms with van der Waals surface area (Å²) < 4.78 is 31.0. The van der Waals surface area contributed by atoms with Crippen LogP contribution in [0.4, 0.5) is 0 Å². The maximum Gasteiger partial charge on any atom is 0.308 e. The summed E-state index contributed by atoms with van der Waals surface area (Å²) in [4.78, 5) is 33.1. The van der Waals surface area contributed by atoms with Crippen LogP contribution in [0.25, 0.3) is 11.1 Å². The first-order valence-electron chi connectivity index (χ1n) is 22.4. The summed E-state index contributed by atoms with van der Waals surface area (Å²) in [5.74, 6) is 3.80. The highest BCUT2D eigenvalue weighted by atomic mass is 16.5. The highest BCUT2D eigenvalue weighted by Crippen LogP contribution is 2.41. The smallest absolute Gasteiger partial charge is 0.308 e. The lowest BCUT2D eigenvalue weighted by Gasteiger charge is -2.33. The Morgan fingerprint density at radius 2 is 0.647 bits per heavy atom. The van der Waals surface area contributed by atoms with E-state index in [-0.39, 0.29) is 28.7 Å². The zero-order chi connectivity index (χ0) is 49.3. The molecule has 9 heteroatoms. The Morgan fingerprint density at radius 1 is 0.382 bits per heavy atom. The average molecular weight is 915 g/mol. The van der Waals surface area contributed by atoms with Crippen LogP contribution in [0.1, 0.15) is 82.7 Å². The van der Waals surface area contributed by atoms with Gasteiger partial charge in [0.25, 0.3) is 0 Å². The van der Waals surface area contributed by atoms with E-state index in [0.717, 1.165) is 45.9 Å². The Kier molecular flexibility index (Phi) is 18.3. The van der Waals surface area contributed by atoms with E-state index in [2.05, 4.69) is 64.1 Å². The third kappa shape index (κ3) is 13.9. The Bertz CT molecular complexity index is 2660. The highest BCUT2D eigenvalue weighted by Gasteiger charge is 2.32. The SMILES string of the molecule is COc1ccc(-c2ccc(OC(C)=O)cc2)cc1.COc1ccc(C(C)(CC(C)C)c2ccc(OC(C)=O)cc2)cc1.COc1ccc(C(C)(c2ccccc2)c2ccc(OC(C)=O)cc2)cc1. The van der Waals surface area contributed by atoms with Crippen molar-refractivity contribution in [2.45, 2.75) is 65.7 Å². The van der Waals surface area contributed by atoms with E-state index in [1.165, 1.54) is 37.5 Å². The fourth-order valence-corrected chi connectivity index (χ4v) is 8.12. The van der Waals surface area contributed by atoms with Gasteiger partial charge >= 0.3 is 17.9 Å². The van der Waals surface area contributed by atoms with Crippen molar-refractivity contribution in [2.75, 3.05) is 21.3 Å². The van der Waals surface area contributed by atoms with E-state index in [9.17, 15) is 14.4 Å². The quantitative estimate of drug-likeness (QED) is 0.0599.